The second kappa shape index (κ2) is 12.1. The van der Waals surface area contributed by atoms with Crippen molar-refractivity contribution in [3.05, 3.63) is 84.1 Å². The van der Waals surface area contributed by atoms with Gasteiger partial charge in [-0.05, 0) is 55.2 Å². The lowest BCUT2D eigenvalue weighted by Gasteiger charge is -2.14. The van der Waals surface area contributed by atoms with Crippen LogP contribution in [0.3, 0.4) is 0 Å². The summed E-state index contributed by atoms with van der Waals surface area (Å²) in [5.74, 6) is 0.539. The van der Waals surface area contributed by atoms with Crippen molar-refractivity contribution in [1.82, 2.24) is 24.3 Å². The average molecular weight is 540 g/mol. The highest BCUT2D eigenvalue weighted by molar-refractivity contribution is 6.04. The molecular formula is C30H33N7O3. The second-order valence-electron chi connectivity index (χ2n) is 9.78. The first-order valence-corrected chi connectivity index (χ1v) is 13.5. The molecule has 3 aromatic heterocycles. The molecular weight excluding hydrogens is 506 g/mol. The molecule has 0 saturated carbocycles. The van der Waals surface area contributed by atoms with Crippen LogP contribution in [0.25, 0.3) is 16.8 Å². The third-order valence-corrected chi connectivity index (χ3v) is 6.96. The summed E-state index contributed by atoms with van der Waals surface area (Å²) in [6.07, 6.45) is 11.9. The number of nitrogens with one attached hydrogen (secondary N) is 1. The topological polar surface area (TPSA) is 128 Å². The Kier molecular flexibility index (Phi) is 8.16. The van der Waals surface area contributed by atoms with Gasteiger partial charge in [-0.3, -0.25) is 9.59 Å². The van der Waals surface area contributed by atoms with Crippen LogP contribution in [-0.2, 0) is 16.0 Å². The lowest BCUT2D eigenvalue weighted by Crippen LogP contribution is -2.25. The number of aromatic nitrogens is 4. The van der Waals surface area contributed by atoms with Gasteiger partial charge in [0.2, 0.25) is 5.91 Å². The van der Waals surface area contributed by atoms with Gasteiger partial charge in [-0.25, -0.2) is 15.0 Å². The zero-order valence-corrected chi connectivity index (χ0v) is 22.7. The van der Waals surface area contributed by atoms with Crippen LogP contribution in [0.2, 0.25) is 0 Å². The number of fused-ring (bicyclic) bond motifs is 1. The molecule has 0 bridgehead atoms. The maximum atomic E-state index is 12.8. The summed E-state index contributed by atoms with van der Waals surface area (Å²) >= 11 is 0. The van der Waals surface area contributed by atoms with Crippen LogP contribution in [0.4, 0.5) is 11.6 Å². The molecule has 1 aromatic carbocycles. The number of benzene rings is 1. The van der Waals surface area contributed by atoms with Crippen molar-refractivity contribution >= 4 is 29.0 Å². The number of amides is 2. The molecule has 10 nitrogen and oxygen atoms in total. The molecule has 3 N–H and O–H groups in total. The SMILES string of the molecule is CCCc1ccnc(NC(=O)c2ccc(-c3ncn4cc(C(/C=C/C(=O)N5CCCC5)OC)nc(N)c34)cc2)c1. The molecule has 0 radical (unpaired) electrons. The Balaban J connectivity index is 1.33. The predicted molar refractivity (Wildman–Crippen MR) is 154 cm³/mol. The van der Waals surface area contributed by atoms with E-state index in [9.17, 15) is 9.59 Å². The van der Waals surface area contributed by atoms with Gasteiger partial charge in [-0.2, -0.15) is 0 Å². The van der Waals surface area contributed by atoms with Gasteiger partial charge in [0.05, 0.1) is 11.4 Å². The number of hydrogen-bond acceptors (Lipinski definition) is 7. The first-order chi connectivity index (χ1) is 19.5. The van der Waals surface area contributed by atoms with Crippen LogP contribution in [0, 0.1) is 0 Å². The van der Waals surface area contributed by atoms with Gasteiger partial charge in [0.1, 0.15) is 23.8 Å². The van der Waals surface area contributed by atoms with Crippen LogP contribution in [0.1, 0.15) is 53.9 Å². The van der Waals surface area contributed by atoms with Crippen molar-refractivity contribution in [3.63, 3.8) is 0 Å². The molecule has 1 atom stereocenters. The van der Waals surface area contributed by atoms with Gasteiger partial charge >= 0.3 is 0 Å². The Morgan fingerprint density at radius 2 is 1.93 bits per heavy atom. The lowest BCUT2D eigenvalue weighted by molar-refractivity contribution is -0.125. The van der Waals surface area contributed by atoms with Gasteiger partial charge in [0.25, 0.3) is 5.91 Å². The summed E-state index contributed by atoms with van der Waals surface area (Å²) in [5.41, 5.74) is 10.7. The molecule has 1 unspecified atom stereocenters. The van der Waals surface area contributed by atoms with Crippen molar-refractivity contribution in [2.24, 2.45) is 0 Å². The maximum Gasteiger partial charge on any atom is 0.256 e. The highest BCUT2D eigenvalue weighted by Crippen LogP contribution is 2.29. The van der Waals surface area contributed by atoms with E-state index in [4.69, 9.17) is 10.5 Å². The number of carbonyl (C=O) groups excluding carboxylic acids is 2. The average Bonchev–Trinajstić information content (AvgIpc) is 3.65. The number of imidazole rings is 1. The number of nitrogens with two attached hydrogens (primary N) is 1. The molecule has 0 spiro atoms. The Bertz CT molecular complexity index is 1540. The number of anilines is 2. The zero-order chi connectivity index (χ0) is 28.1. The van der Waals surface area contributed by atoms with E-state index in [1.807, 2.05) is 29.2 Å². The van der Waals surface area contributed by atoms with Gasteiger partial charge in [-0.15, -0.1) is 0 Å². The van der Waals surface area contributed by atoms with Crippen molar-refractivity contribution in [2.45, 2.75) is 38.7 Å². The Morgan fingerprint density at radius 3 is 2.65 bits per heavy atom. The number of ether oxygens (including phenoxy) is 1. The number of likely N-dealkylation sites (tertiary alicyclic amines) is 1. The van der Waals surface area contributed by atoms with Crippen molar-refractivity contribution in [2.75, 3.05) is 31.2 Å². The molecule has 1 aliphatic heterocycles. The van der Waals surface area contributed by atoms with Crippen LogP contribution >= 0.6 is 0 Å². The Hall–Kier alpha value is -4.57. The summed E-state index contributed by atoms with van der Waals surface area (Å²) in [7, 11) is 1.56. The molecule has 1 fully saturated rings. The molecule has 2 amide bonds. The monoisotopic (exact) mass is 539 g/mol. The molecule has 4 aromatic rings. The van der Waals surface area contributed by atoms with E-state index in [0.29, 0.717) is 28.3 Å². The molecule has 4 heterocycles. The normalized spacial score (nSPS) is 14.2. The largest absolute Gasteiger partial charge is 0.382 e. The third-order valence-electron chi connectivity index (χ3n) is 6.96. The van der Waals surface area contributed by atoms with Crippen LogP contribution in [-0.4, -0.2) is 56.3 Å². The van der Waals surface area contributed by atoms with Crippen LogP contribution in [0.5, 0.6) is 0 Å². The number of carbonyl (C=O) groups is 2. The molecule has 10 heteroatoms. The van der Waals surface area contributed by atoms with E-state index in [-0.39, 0.29) is 17.6 Å². The lowest BCUT2D eigenvalue weighted by atomic mass is 10.1. The second-order valence-corrected chi connectivity index (χ2v) is 9.78. The van der Waals surface area contributed by atoms with Gasteiger partial charge in [0, 0.05) is 49.8 Å². The van der Waals surface area contributed by atoms with E-state index >= 15 is 0 Å². The third kappa shape index (κ3) is 5.86. The molecule has 1 aliphatic rings. The number of methoxy groups -OCH3 is 1. The minimum atomic E-state index is -0.543. The van der Waals surface area contributed by atoms with Crippen LogP contribution in [0.15, 0.2) is 67.3 Å². The van der Waals surface area contributed by atoms with E-state index in [2.05, 4.69) is 27.2 Å². The highest BCUT2D eigenvalue weighted by atomic mass is 16.5. The number of aryl methyl sites for hydroxylation is 1. The number of nitrogens with zero attached hydrogens (tertiary/aromatic N) is 5. The quantitative estimate of drug-likeness (QED) is 0.301. The van der Waals surface area contributed by atoms with Gasteiger partial charge in [-0.1, -0.05) is 25.5 Å². The number of pyridine rings is 1. The zero-order valence-electron chi connectivity index (χ0n) is 22.7. The summed E-state index contributed by atoms with van der Waals surface area (Å²) in [4.78, 5) is 40.4. The van der Waals surface area contributed by atoms with Gasteiger partial charge in [0.15, 0.2) is 5.82 Å². The summed E-state index contributed by atoms with van der Waals surface area (Å²) < 4.78 is 7.39. The molecule has 40 heavy (non-hydrogen) atoms. The summed E-state index contributed by atoms with van der Waals surface area (Å²) in [6.45, 7) is 3.68. The minimum Gasteiger partial charge on any atom is -0.382 e. The molecule has 5 rings (SSSR count). The predicted octanol–water partition coefficient (Wildman–Crippen LogP) is 4.44. The van der Waals surface area contributed by atoms with Crippen molar-refractivity contribution in [3.8, 4) is 11.3 Å². The number of rotatable bonds is 9. The highest BCUT2D eigenvalue weighted by Gasteiger charge is 2.19. The van der Waals surface area contributed by atoms with E-state index in [0.717, 1.165) is 49.9 Å². The fourth-order valence-electron chi connectivity index (χ4n) is 4.89. The number of nitrogen functional groups attached to an aromatic ring is 1. The summed E-state index contributed by atoms with van der Waals surface area (Å²) in [5, 5.41) is 2.86. The van der Waals surface area contributed by atoms with Crippen molar-refractivity contribution in [1.29, 1.82) is 0 Å². The Labute approximate surface area is 232 Å². The maximum absolute atomic E-state index is 12.8. The smallest absolute Gasteiger partial charge is 0.256 e. The Morgan fingerprint density at radius 1 is 1.15 bits per heavy atom. The standard InChI is InChI=1S/C30H33N7O3/c1-3-6-20-13-14-32-25(17-20)35-30(39)22-9-7-21(8-10-22)27-28-29(31)34-23(18-37(28)19-33-27)24(40-2)11-12-26(38)36-15-4-5-16-36/h7-14,17-19,24H,3-6,15-16H2,1-2H3,(H2,31,34)(H,32,35,39)/b12-11+. The van der Waals surface area contributed by atoms with E-state index < -0.39 is 6.10 Å². The van der Waals surface area contributed by atoms with E-state index in [1.54, 1.807) is 48.4 Å². The van der Waals surface area contributed by atoms with Crippen LogP contribution < -0.4 is 11.1 Å². The van der Waals surface area contributed by atoms with Crippen molar-refractivity contribution < 1.29 is 14.3 Å². The first-order valence-electron chi connectivity index (χ1n) is 13.5. The minimum absolute atomic E-state index is 0.0306. The molecule has 1 saturated heterocycles. The first kappa shape index (κ1) is 27.0. The van der Waals surface area contributed by atoms with E-state index in [1.165, 1.54) is 6.08 Å². The molecule has 206 valence electrons. The van der Waals surface area contributed by atoms with Gasteiger partial charge < -0.3 is 25.1 Å². The fourth-order valence-corrected chi connectivity index (χ4v) is 4.89. The summed E-state index contributed by atoms with van der Waals surface area (Å²) in [6, 6.07) is 11.0. The fraction of sp³-hybridized carbons (Fsp3) is 0.300. The number of hydrogen-bond donors (Lipinski definition) is 2. The molecule has 0 aliphatic carbocycles.